The van der Waals surface area contributed by atoms with Gasteiger partial charge in [0.05, 0.1) is 18.6 Å². The number of aryl methyl sites for hydroxylation is 1. The smallest absolute Gasteiger partial charge is 0.243 e. The van der Waals surface area contributed by atoms with Gasteiger partial charge in [-0.05, 0) is 62.3 Å². The summed E-state index contributed by atoms with van der Waals surface area (Å²) in [5.74, 6) is 1.13. The van der Waals surface area contributed by atoms with Crippen molar-refractivity contribution in [1.82, 2.24) is 4.31 Å². The number of benzene rings is 1. The predicted molar refractivity (Wildman–Crippen MR) is 85.8 cm³/mol. The van der Waals surface area contributed by atoms with Crippen molar-refractivity contribution in [3.63, 3.8) is 0 Å². The van der Waals surface area contributed by atoms with Crippen LogP contribution < -0.4 is 4.74 Å². The number of ether oxygens (including phenoxy) is 1. The lowest BCUT2D eigenvalue weighted by molar-refractivity contribution is 0.250. The Bertz CT molecular complexity index is 651. The van der Waals surface area contributed by atoms with Crippen molar-refractivity contribution in [2.24, 2.45) is 5.92 Å². The topological polar surface area (TPSA) is 66.8 Å². The molecule has 0 amide bonds. The molecular weight excluding hydrogens is 302 g/mol. The van der Waals surface area contributed by atoms with Crippen molar-refractivity contribution >= 4 is 10.0 Å². The van der Waals surface area contributed by atoms with E-state index in [1.165, 1.54) is 4.31 Å². The van der Waals surface area contributed by atoms with Gasteiger partial charge in [-0.3, -0.25) is 0 Å². The number of aliphatic hydroxyl groups excluding tert-OH is 1. The van der Waals surface area contributed by atoms with Crippen molar-refractivity contribution in [3.8, 4) is 5.75 Å². The Labute approximate surface area is 133 Å². The molecule has 1 aromatic carbocycles. The fourth-order valence-electron chi connectivity index (χ4n) is 2.77. The Balaban J connectivity index is 2.49. The summed E-state index contributed by atoms with van der Waals surface area (Å²) in [5, 5.41) is 9.23. The van der Waals surface area contributed by atoms with Crippen LogP contribution in [0, 0.1) is 26.7 Å². The maximum absolute atomic E-state index is 13.1. The van der Waals surface area contributed by atoms with Gasteiger partial charge >= 0.3 is 0 Å². The molecule has 0 radical (unpaired) electrons. The SMILES string of the molecule is COc1cc(C)c(S(=O)(=O)N(CCO)CC2CC2)c(C)c1C. The number of hydrogen-bond acceptors (Lipinski definition) is 4. The summed E-state index contributed by atoms with van der Waals surface area (Å²) in [5.41, 5.74) is 2.23. The minimum Gasteiger partial charge on any atom is -0.496 e. The van der Waals surface area contributed by atoms with Gasteiger partial charge in [-0.2, -0.15) is 4.31 Å². The number of hydrogen-bond donors (Lipinski definition) is 1. The lowest BCUT2D eigenvalue weighted by atomic mass is 10.1. The molecule has 1 N–H and O–H groups in total. The molecule has 1 fully saturated rings. The van der Waals surface area contributed by atoms with E-state index in [2.05, 4.69) is 0 Å². The molecule has 6 heteroatoms. The molecule has 0 aliphatic heterocycles. The summed E-state index contributed by atoms with van der Waals surface area (Å²) in [6.45, 7) is 5.93. The number of aliphatic hydroxyl groups is 1. The summed E-state index contributed by atoms with van der Waals surface area (Å²) >= 11 is 0. The number of methoxy groups -OCH3 is 1. The summed E-state index contributed by atoms with van der Waals surface area (Å²) in [7, 11) is -2.03. The minimum absolute atomic E-state index is 0.142. The van der Waals surface area contributed by atoms with E-state index in [4.69, 9.17) is 4.74 Å². The van der Waals surface area contributed by atoms with E-state index in [-0.39, 0.29) is 13.2 Å². The number of rotatable bonds is 7. The second-order valence-electron chi connectivity index (χ2n) is 6.00. The zero-order chi connectivity index (χ0) is 16.5. The Morgan fingerprint density at radius 1 is 1.27 bits per heavy atom. The summed E-state index contributed by atoms with van der Waals surface area (Å²) < 4.78 is 32.8. The molecular formula is C16H25NO4S. The molecule has 1 aliphatic rings. The Kier molecular flexibility index (Phi) is 5.14. The van der Waals surface area contributed by atoms with Crippen molar-refractivity contribution < 1.29 is 18.3 Å². The van der Waals surface area contributed by atoms with E-state index in [9.17, 15) is 13.5 Å². The lowest BCUT2D eigenvalue weighted by Crippen LogP contribution is -2.36. The molecule has 0 bridgehead atoms. The zero-order valence-corrected chi connectivity index (χ0v) is 14.5. The van der Waals surface area contributed by atoms with Gasteiger partial charge in [0.2, 0.25) is 10.0 Å². The Morgan fingerprint density at radius 2 is 1.91 bits per heavy atom. The van der Waals surface area contributed by atoms with Gasteiger partial charge in [0.25, 0.3) is 0 Å². The normalized spacial score (nSPS) is 15.4. The van der Waals surface area contributed by atoms with Gasteiger partial charge in [0, 0.05) is 13.1 Å². The van der Waals surface area contributed by atoms with Crippen LogP contribution in [0.15, 0.2) is 11.0 Å². The van der Waals surface area contributed by atoms with Crippen LogP contribution in [0.4, 0.5) is 0 Å². The first-order chi connectivity index (χ1) is 10.3. The highest BCUT2D eigenvalue weighted by molar-refractivity contribution is 7.89. The third-order valence-electron chi connectivity index (χ3n) is 4.30. The molecule has 2 rings (SSSR count). The van der Waals surface area contributed by atoms with E-state index < -0.39 is 10.0 Å². The average molecular weight is 327 g/mol. The molecule has 5 nitrogen and oxygen atoms in total. The minimum atomic E-state index is -3.61. The van der Waals surface area contributed by atoms with Gasteiger partial charge in [-0.25, -0.2) is 8.42 Å². The molecule has 0 unspecified atom stereocenters. The highest BCUT2D eigenvalue weighted by Crippen LogP contribution is 2.35. The third-order valence-corrected chi connectivity index (χ3v) is 6.46. The van der Waals surface area contributed by atoms with Gasteiger partial charge in [-0.1, -0.05) is 0 Å². The van der Waals surface area contributed by atoms with Crippen LogP contribution in [0.5, 0.6) is 5.75 Å². The van der Waals surface area contributed by atoms with Crippen LogP contribution in [0.25, 0.3) is 0 Å². The van der Waals surface area contributed by atoms with Gasteiger partial charge < -0.3 is 9.84 Å². The molecule has 0 spiro atoms. The fourth-order valence-corrected chi connectivity index (χ4v) is 4.76. The highest BCUT2D eigenvalue weighted by atomic mass is 32.2. The van der Waals surface area contributed by atoms with E-state index in [1.807, 2.05) is 13.8 Å². The maximum Gasteiger partial charge on any atom is 0.243 e. The third kappa shape index (κ3) is 3.29. The van der Waals surface area contributed by atoms with Crippen LogP contribution in [0.1, 0.15) is 29.5 Å². The predicted octanol–water partition coefficient (Wildman–Crippen LogP) is 2.01. The zero-order valence-electron chi connectivity index (χ0n) is 13.7. The molecule has 0 aromatic heterocycles. The van der Waals surface area contributed by atoms with E-state index in [1.54, 1.807) is 20.1 Å². The molecule has 1 saturated carbocycles. The number of sulfonamides is 1. The van der Waals surface area contributed by atoms with Crippen LogP contribution in [0.2, 0.25) is 0 Å². The van der Waals surface area contributed by atoms with E-state index in [0.29, 0.717) is 28.7 Å². The molecule has 1 aromatic rings. The summed E-state index contributed by atoms with van der Waals surface area (Å²) in [4.78, 5) is 0.347. The van der Waals surface area contributed by atoms with Crippen molar-refractivity contribution in [2.75, 3.05) is 26.8 Å². The van der Waals surface area contributed by atoms with Crippen LogP contribution in [-0.2, 0) is 10.0 Å². The summed E-state index contributed by atoms with van der Waals surface area (Å²) in [6, 6.07) is 1.77. The monoisotopic (exact) mass is 327 g/mol. The van der Waals surface area contributed by atoms with Crippen LogP contribution in [0.3, 0.4) is 0 Å². The fraction of sp³-hybridized carbons (Fsp3) is 0.625. The summed E-state index contributed by atoms with van der Waals surface area (Å²) in [6.07, 6.45) is 2.13. The highest BCUT2D eigenvalue weighted by Gasteiger charge is 2.33. The van der Waals surface area contributed by atoms with Gasteiger partial charge in [0.1, 0.15) is 5.75 Å². The Morgan fingerprint density at radius 3 is 2.41 bits per heavy atom. The van der Waals surface area contributed by atoms with Crippen LogP contribution >= 0.6 is 0 Å². The molecule has 0 heterocycles. The molecule has 124 valence electrons. The van der Waals surface area contributed by atoms with E-state index in [0.717, 1.165) is 24.0 Å². The first kappa shape index (κ1) is 17.2. The first-order valence-electron chi connectivity index (χ1n) is 7.58. The lowest BCUT2D eigenvalue weighted by Gasteiger charge is -2.24. The van der Waals surface area contributed by atoms with Crippen LogP contribution in [-0.4, -0.2) is 44.6 Å². The second kappa shape index (κ2) is 6.56. The maximum atomic E-state index is 13.1. The molecule has 0 saturated heterocycles. The molecule has 0 atom stereocenters. The Hall–Kier alpha value is -1.11. The first-order valence-corrected chi connectivity index (χ1v) is 9.02. The van der Waals surface area contributed by atoms with Crippen molar-refractivity contribution in [2.45, 2.75) is 38.5 Å². The molecule has 22 heavy (non-hydrogen) atoms. The van der Waals surface area contributed by atoms with Gasteiger partial charge in [0.15, 0.2) is 0 Å². The quantitative estimate of drug-likeness (QED) is 0.832. The second-order valence-corrected chi connectivity index (χ2v) is 7.88. The largest absolute Gasteiger partial charge is 0.496 e. The number of nitrogens with zero attached hydrogens (tertiary/aromatic N) is 1. The van der Waals surface area contributed by atoms with E-state index >= 15 is 0 Å². The average Bonchev–Trinajstić information content (AvgIpc) is 3.26. The van der Waals surface area contributed by atoms with Crippen molar-refractivity contribution in [1.29, 1.82) is 0 Å². The van der Waals surface area contributed by atoms with Crippen molar-refractivity contribution in [3.05, 3.63) is 22.8 Å². The molecule has 1 aliphatic carbocycles. The van der Waals surface area contributed by atoms with Gasteiger partial charge in [-0.15, -0.1) is 0 Å². The standard InChI is InChI=1S/C16H25NO4S/c1-11-9-15(21-4)12(2)13(3)16(11)22(19,20)17(7-8-18)10-14-5-6-14/h9,14,18H,5-8,10H2,1-4H3.